The summed E-state index contributed by atoms with van der Waals surface area (Å²) in [6.45, 7) is 2.38. The fourth-order valence-corrected chi connectivity index (χ4v) is 4.66. The van der Waals surface area contributed by atoms with Crippen molar-refractivity contribution in [3.63, 3.8) is 0 Å². The van der Waals surface area contributed by atoms with E-state index in [1.54, 1.807) is 22.9 Å². The number of nitrogens with zero attached hydrogens (tertiary/aromatic N) is 3. The van der Waals surface area contributed by atoms with Crippen molar-refractivity contribution >= 4 is 34.4 Å². The summed E-state index contributed by atoms with van der Waals surface area (Å²) in [6.07, 6.45) is 3.71. The molecule has 3 aromatic heterocycles. The quantitative estimate of drug-likeness (QED) is 0.525. The fraction of sp³-hybridized carbons (Fsp3) is 0.190. The fourth-order valence-electron chi connectivity index (χ4n) is 3.47. The molecule has 1 amide bonds. The lowest BCUT2D eigenvalue weighted by Crippen LogP contribution is -2.28. The number of aryl methyl sites for hydroxylation is 1. The molecule has 1 unspecified atom stereocenters. The molecule has 1 aliphatic heterocycles. The number of carbonyl (C=O) groups excluding carboxylic acids is 1. The molecule has 29 heavy (non-hydrogen) atoms. The Morgan fingerprint density at radius 2 is 2.14 bits per heavy atom. The van der Waals surface area contributed by atoms with Crippen molar-refractivity contribution in [1.29, 1.82) is 0 Å². The number of H-pyrrole nitrogens is 2. The van der Waals surface area contributed by atoms with Crippen molar-refractivity contribution in [2.45, 2.75) is 18.9 Å². The van der Waals surface area contributed by atoms with Gasteiger partial charge in [-0.3, -0.25) is 14.8 Å². The molecule has 8 heteroatoms. The number of aromatic nitrogens is 4. The van der Waals surface area contributed by atoms with Crippen LogP contribution in [0.4, 0.5) is 5.82 Å². The Hall–Kier alpha value is -3.26. The predicted molar refractivity (Wildman–Crippen MR) is 113 cm³/mol. The molecule has 0 aliphatic carbocycles. The second kappa shape index (κ2) is 7.29. The van der Waals surface area contributed by atoms with Gasteiger partial charge in [0.2, 0.25) is 11.8 Å². The van der Waals surface area contributed by atoms with E-state index >= 15 is 0 Å². The first-order valence-electron chi connectivity index (χ1n) is 9.28. The number of hydrogen-bond donors (Lipinski definition) is 2. The summed E-state index contributed by atoms with van der Waals surface area (Å²) in [6, 6.07) is 13.8. The minimum atomic E-state index is -0.150. The summed E-state index contributed by atoms with van der Waals surface area (Å²) in [5.41, 5.74) is 3.93. The second-order valence-corrected chi connectivity index (χ2v) is 7.99. The van der Waals surface area contributed by atoms with E-state index < -0.39 is 0 Å². The average Bonchev–Trinajstić information content (AvgIpc) is 3.45. The summed E-state index contributed by atoms with van der Waals surface area (Å²) in [5, 5.41) is 8.05. The van der Waals surface area contributed by atoms with Gasteiger partial charge in [-0.05, 0) is 12.5 Å². The van der Waals surface area contributed by atoms with Gasteiger partial charge < -0.3 is 9.72 Å². The topological polar surface area (TPSA) is 86.9 Å². The zero-order valence-electron chi connectivity index (χ0n) is 15.8. The van der Waals surface area contributed by atoms with Crippen LogP contribution in [-0.2, 0) is 11.4 Å². The maximum absolute atomic E-state index is 12.6. The number of fused-ring (bicyclic) bond motifs is 1. The van der Waals surface area contributed by atoms with Gasteiger partial charge in [0, 0.05) is 35.0 Å². The van der Waals surface area contributed by atoms with Gasteiger partial charge in [-0.1, -0.05) is 30.3 Å². The van der Waals surface area contributed by atoms with E-state index in [0.717, 1.165) is 27.7 Å². The van der Waals surface area contributed by atoms with Gasteiger partial charge in [0.05, 0.1) is 17.5 Å². The van der Waals surface area contributed by atoms with E-state index in [1.807, 2.05) is 55.6 Å². The summed E-state index contributed by atoms with van der Waals surface area (Å²) in [7, 11) is 0. The molecular formula is C21H19N5O2S. The largest absolute Gasteiger partial charge is 0.473 e. The highest BCUT2D eigenvalue weighted by molar-refractivity contribution is 8.00. The molecule has 2 N–H and O–H groups in total. The van der Waals surface area contributed by atoms with Gasteiger partial charge in [0.25, 0.3) is 0 Å². The number of hydrogen-bond acceptors (Lipinski definition) is 5. The number of thioether (sulfide) groups is 1. The molecule has 7 nitrogen and oxygen atoms in total. The summed E-state index contributed by atoms with van der Waals surface area (Å²) in [4.78, 5) is 22.0. The molecule has 0 radical (unpaired) electrons. The van der Waals surface area contributed by atoms with Crippen LogP contribution in [0.1, 0.15) is 22.2 Å². The number of carbonyl (C=O) groups is 1. The van der Waals surface area contributed by atoms with E-state index in [4.69, 9.17) is 4.74 Å². The summed E-state index contributed by atoms with van der Waals surface area (Å²) >= 11 is 1.59. The average molecular weight is 405 g/mol. The number of amides is 1. The summed E-state index contributed by atoms with van der Waals surface area (Å²) in [5.74, 6) is 1.67. The Labute approximate surface area is 171 Å². The molecule has 1 aromatic carbocycles. The number of pyridine rings is 1. The molecule has 1 fully saturated rings. The Morgan fingerprint density at radius 3 is 2.93 bits per heavy atom. The lowest BCUT2D eigenvalue weighted by molar-refractivity contribution is -0.115. The van der Waals surface area contributed by atoms with E-state index in [9.17, 15) is 4.79 Å². The molecule has 0 saturated carbocycles. The highest BCUT2D eigenvalue weighted by Gasteiger charge is 2.36. The first-order valence-corrected chi connectivity index (χ1v) is 10.3. The van der Waals surface area contributed by atoms with Gasteiger partial charge >= 0.3 is 0 Å². The van der Waals surface area contributed by atoms with Crippen molar-refractivity contribution in [2.75, 3.05) is 10.7 Å². The third-order valence-electron chi connectivity index (χ3n) is 4.88. The maximum atomic E-state index is 12.6. The van der Waals surface area contributed by atoms with Gasteiger partial charge in [0.1, 0.15) is 12.0 Å². The Morgan fingerprint density at radius 1 is 1.28 bits per heavy atom. The van der Waals surface area contributed by atoms with Crippen LogP contribution >= 0.6 is 11.8 Å². The third kappa shape index (κ3) is 3.36. The smallest absolute Gasteiger partial charge is 0.239 e. The van der Waals surface area contributed by atoms with E-state index in [0.29, 0.717) is 24.1 Å². The monoisotopic (exact) mass is 405 g/mol. The van der Waals surface area contributed by atoms with E-state index in [-0.39, 0.29) is 11.3 Å². The van der Waals surface area contributed by atoms with Crippen LogP contribution in [-0.4, -0.2) is 31.8 Å². The molecule has 4 aromatic rings. The van der Waals surface area contributed by atoms with Crippen molar-refractivity contribution in [1.82, 2.24) is 20.2 Å². The molecule has 4 heterocycles. The lowest BCUT2D eigenvalue weighted by Gasteiger charge is -2.21. The van der Waals surface area contributed by atoms with Crippen molar-refractivity contribution in [2.24, 2.45) is 0 Å². The maximum Gasteiger partial charge on any atom is 0.239 e. The number of nitrogens with one attached hydrogen (secondary N) is 2. The molecule has 146 valence electrons. The summed E-state index contributed by atoms with van der Waals surface area (Å²) < 4.78 is 5.89. The molecule has 1 atom stereocenters. The molecule has 0 spiro atoms. The van der Waals surface area contributed by atoms with Crippen LogP contribution in [0, 0.1) is 6.92 Å². The van der Waals surface area contributed by atoms with Gasteiger partial charge in [-0.2, -0.15) is 5.10 Å². The lowest BCUT2D eigenvalue weighted by atomic mass is 10.2. The van der Waals surface area contributed by atoms with E-state index in [1.165, 1.54) is 0 Å². The molecule has 1 saturated heterocycles. The first kappa shape index (κ1) is 17.8. The molecule has 1 aliphatic rings. The van der Waals surface area contributed by atoms with Crippen molar-refractivity contribution < 1.29 is 9.53 Å². The number of anilines is 1. The number of rotatable bonds is 5. The highest BCUT2D eigenvalue weighted by atomic mass is 32.2. The van der Waals surface area contributed by atoms with Gasteiger partial charge in [0.15, 0.2) is 5.82 Å². The Bertz CT molecular complexity index is 1170. The minimum absolute atomic E-state index is 0.0513. The second-order valence-electron chi connectivity index (χ2n) is 6.92. The van der Waals surface area contributed by atoms with Crippen LogP contribution in [0.2, 0.25) is 0 Å². The molecule has 5 rings (SSSR count). The Balaban J connectivity index is 1.46. The van der Waals surface area contributed by atoms with Crippen LogP contribution < -0.4 is 9.64 Å². The zero-order chi connectivity index (χ0) is 19.8. The van der Waals surface area contributed by atoms with Gasteiger partial charge in [-0.15, -0.1) is 11.8 Å². The SMILES string of the molecule is Cc1cc(N2C(=O)CSC2c2c[nH]c3cnc(OCc4ccccc4)cc23)n[nH]1. The predicted octanol–water partition coefficient (Wildman–Crippen LogP) is 3.95. The standard InChI is InChI=1S/C21H19N5O2S/c1-13-7-18(25-24-13)26-20(27)12-29-21(26)16-9-22-17-10-23-19(8-15(16)17)28-11-14-5-3-2-4-6-14/h2-10,21-22H,11-12H2,1H3,(H,24,25). The van der Waals surface area contributed by atoms with Crippen LogP contribution in [0.3, 0.4) is 0 Å². The van der Waals surface area contributed by atoms with E-state index in [2.05, 4.69) is 20.2 Å². The third-order valence-corrected chi connectivity index (χ3v) is 6.07. The first-order chi connectivity index (χ1) is 14.2. The number of ether oxygens (including phenoxy) is 1. The van der Waals surface area contributed by atoms with Crippen LogP contribution in [0.25, 0.3) is 10.9 Å². The number of benzene rings is 1. The van der Waals surface area contributed by atoms with Gasteiger partial charge in [-0.25, -0.2) is 4.98 Å². The van der Waals surface area contributed by atoms with Crippen molar-refractivity contribution in [3.05, 3.63) is 71.7 Å². The minimum Gasteiger partial charge on any atom is -0.473 e. The highest BCUT2D eigenvalue weighted by Crippen LogP contribution is 2.43. The van der Waals surface area contributed by atoms with Crippen LogP contribution in [0.15, 0.2) is 54.9 Å². The van der Waals surface area contributed by atoms with Crippen LogP contribution in [0.5, 0.6) is 5.88 Å². The Kier molecular flexibility index (Phi) is 4.48. The number of aromatic amines is 2. The molecule has 0 bridgehead atoms. The normalized spacial score (nSPS) is 16.7. The molecular weight excluding hydrogens is 386 g/mol. The van der Waals surface area contributed by atoms with Crippen molar-refractivity contribution in [3.8, 4) is 5.88 Å². The zero-order valence-corrected chi connectivity index (χ0v) is 16.6.